The Balaban J connectivity index is 2.79. The molecule has 0 N–H and O–H groups in total. The van der Waals surface area contributed by atoms with Gasteiger partial charge in [-0.2, -0.15) is 10.5 Å². The van der Waals surface area contributed by atoms with E-state index in [-0.39, 0.29) is 47.0 Å². The lowest BCUT2D eigenvalue weighted by Gasteiger charge is -2.13. The normalized spacial score (nSPS) is 9.85. The lowest BCUT2D eigenvalue weighted by Crippen LogP contribution is -2.16. The van der Waals surface area contributed by atoms with E-state index in [1.165, 1.54) is 25.3 Å². The number of nitriles is 2. The number of nitrogens with zero attached hydrogens (tertiary/aromatic N) is 2. The molecule has 0 aliphatic rings. The molecule has 1 aromatic carbocycles. The zero-order chi connectivity index (χ0) is 19.1. The Morgan fingerprint density at radius 3 is 2.35 bits per heavy atom. The van der Waals surface area contributed by atoms with E-state index in [9.17, 15) is 20.1 Å². The molecule has 0 aliphatic carbocycles. The van der Waals surface area contributed by atoms with Crippen LogP contribution in [0.5, 0.6) is 5.75 Å². The van der Waals surface area contributed by atoms with Crippen LogP contribution in [0.3, 0.4) is 0 Å². The highest BCUT2D eigenvalue weighted by molar-refractivity contribution is 5.90. The minimum absolute atomic E-state index is 0.0302. The van der Waals surface area contributed by atoms with Gasteiger partial charge in [-0.1, -0.05) is 6.07 Å². The quantitative estimate of drug-likeness (QED) is 0.569. The van der Waals surface area contributed by atoms with Crippen LogP contribution in [0, 0.1) is 22.7 Å². The molecule has 0 amide bonds. The van der Waals surface area contributed by atoms with E-state index in [1.807, 2.05) is 12.1 Å². The molecule has 0 bridgehead atoms. The SMILES string of the molecule is COCCOc1c(-c2c(C#N)cccc2C#N)cc(C(=O)OC)oc1=O. The van der Waals surface area contributed by atoms with Crippen LogP contribution in [0.4, 0.5) is 0 Å². The van der Waals surface area contributed by atoms with Gasteiger partial charge < -0.3 is 18.6 Å². The summed E-state index contributed by atoms with van der Waals surface area (Å²) in [6.07, 6.45) is 0. The molecule has 132 valence electrons. The third kappa shape index (κ3) is 3.72. The Labute approximate surface area is 148 Å². The maximum Gasteiger partial charge on any atom is 0.379 e. The second kappa shape index (κ2) is 8.47. The van der Waals surface area contributed by atoms with Gasteiger partial charge in [0.2, 0.25) is 11.5 Å². The molecule has 0 saturated heterocycles. The highest BCUT2D eigenvalue weighted by Crippen LogP contribution is 2.33. The lowest BCUT2D eigenvalue weighted by atomic mass is 9.95. The number of hydrogen-bond acceptors (Lipinski definition) is 8. The summed E-state index contributed by atoms with van der Waals surface area (Å²) in [5.41, 5.74) is -0.394. The van der Waals surface area contributed by atoms with Crippen LogP contribution in [0.25, 0.3) is 11.1 Å². The van der Waals surface area contributed by atoms with Crippen molar-refractivity contribution in [1.29, 1.82) is 10.5 Å². The van der Waals surface area contributed by atoms with Crippen molar-refractivity contribution < 1.29 is 23.4 Å². The summed E-state index contributed by atoms with van der Waals surface area (Å²) >= 11 is 0. The van der Waals surface area contributed by atoms with E-state index < -0.39 is 11.6 Å². The van der Waals surface area contributed by atoms with Crippen molar-refractivity contribution in [2.45, 2.75) is 0 Å². The van der Waals surface area contributed by atoms with Gasteiger partial charge in [-0.25, -0.2) is 9.59 Å². The number of rotatable bonds is 6. The van der Waals surface area contributed by atoms with Crippen LogP contribution in [-0.2, 0) is 9.47 Å². The van der Waals surface area contributed by atoms with Crippen LogP contribution in [-0.4, -0.2) is 33.4 Å². The van der Waals surface area contributed by atoms with E-state index in [2.05, 4.69) is 4.74 Å². The first-order valence-corrected chi connectivity index (χ1v) is 7.39. The molecule has 26 heavy (non-hydrogen) atoms. The van der Waals surface area contributed by atoms with Crippen LogP contribution in [0.2, 0.25) is 0 Å². The molecule has 2 aromatic rings. The van der Waals surface area contributed by atoms with Gasteiger partial charge in [0, 0.05) is 24.3 Å². The zero-order valence-electron chi connectivity index (χ0n) is 14.1. The van der Waals surface area contributed by atoms with E-state index >= 15 is 0 Å². The molecule has 1 aromatic heterocycles. The zero-order valence-corrected chi connectivity index (χ0v) is 14.1. The molecule has 8 heteroatoms. The summed E-state index contributed by atoms with van der Waals surface area (Å²) in [5, 5.41) is 18.8. The Morgan fingerprint density at radius 1 is 1.15 bits per heavy atom. The third-order valence-electron chi connectivity index (χ3n) is 3.40. The summed E-state index contributed by atoms with van der Waals surface area (Å²) in [6, 6.07) is 9.66. The average molecular weight is 354 g/mol. The van der Waals surface area contributed by atoms with E-state index in [4.69, 9.17) is 13.9 Å². The first-order valence-electron chi connectivity index (χ1n) is 7.39. The van der Waals surface area contributed by atoms with Crippen LogP contribution < -0.4 is 10.4 Å². The van der Waals surface area contributed by atoms with Gasteiger partial charge in [-0.3, -0.25) is 0 Å². The van der Waals surface area contributed by atoms with Gasteiger partial charge in [0.25, 0.3) is 0 Å². The van der Waals surface area contributed by atoms with E-state index in [0.717, 1.165) is 7.11 Å². The van der Waals surface area contributed by atoms with Crippen LogP contribution in [0.15, 0.2) is 33.5 Å². The van der Waals surface area contributed by atoms with Gasteiger partial charge in [-0.05, 0) is 12.1 Å². The smallest absolute Gasteiger partial charge is 0.379 e. The molecular formula is C18H14N2O6. The van der Waals surface area contributed by atoms with E-state index in [1.54, 1.807) is 6.07 Å². The predicted molar refractivity (Wildman–Crippen MR) is 88.6 cm³/mol. The summed E-state index contributed by atoms with van der Waals surface area (Å²) < 4.78 is 19.8. The Bertz CT molecular complexity index is 933. The predicted octanol–water partition coefficient (Wildman–Crippen LogP) is 1.86. The Morgan fingerprint density at radius 2 is 1.81 bits per heavy atom. The molecular weight excluding hydrogens is 340 g/mol. The summed E-state index contributed by atoms with van der Waals surface area (Å²) in [5.74, 6) is -1.48. The Kier molecular flexibility index (Phi) is 6.10. The molecule has 0 saturated carbocycles. The minimum atomic E-state index is -0.935. The molecule has 1 heterocycles. The van der Waals surface area contributed by atoms with Crippen LogP contribution >= 0.6 is 0 Å². The van der Waals surface area contributed by atoms with Gasteiger partial charge in [-0.15, -0.1) is 0 Å². The highest BCUT2D eigenvalue weighted by atomic mass is 16.5. The molecule has 0 aliphatic heterocycles. The topological polar surface area (TPSA) is 123 Å². The molecule has 0 spiro atoms. The highest BCUT2D eigenvalue weighted by Gasteiger charge is 2.23. The maximum atomic E-state index is 12.3. The molecule has 2 rings (SSSR count). The van der Waals surface area contributed by atoms with Gasteiger partial charge in [0.15, 0.2) is 0 Å². The monoisotopic (exact) mass is 354 g/mol. The summed E-state index contributed by atoms with van der Waals surface area (Å²) in [7, 11) is 2.60. The van der Waals surface area contributed by atoms with Crippen molar-refractivity contribution in [1.82, 2.24) is 0 Å². The second-order valence-electron chi connectivity index (χ2n) is 4.93. The summed E-state index contributed by atoms with van der Waals surface area (Å²) in [4.78, 5) is 24.1. The molecule has 0 atom stereocenters. The number of carbonyl (C=O) groups excluding carboxylic acids is 1. The van der Waals surface area contributed by atoms with Gasteiger partial charge in [0.1, 0.15) is 6.61 Å². The van der Waals surface area contributed by atoms with Gasteiger partial charge >= 0.3 is 11.6 Å². The average Bonchev–Trinajstić information content (AvgIpc) is 2.67. The number of ether oxygens (including phenoxy) is 3. The van der Waals surface area contributed by atoms with Crippen molar-refractivity contribution in [3.8, 4) is 29.0 Å². The van der Waals surface area contributed by atoms with Crippen molar-refractivity contribution in [3.05, 3.63) is 51.6 Å². The molecule has 0 radical (unpaired) electrons. The number of hydrogen-bond donors (Lipinski definition) is 0. The minimum Gasteiger partial charge on any atom is -0.484 e. The maximum absolute atomic E-state index is 12.3. The van der Waals surface area contributed by atoms with E-state index in [0.29, 0.717) is 0 Å². The first kappa shape index (κ1) is 18.7. The number of esters is 1. The fraction of sp³-hybridized carbons (Fsp3) is 0.222. The first-order chi connectivity index (χ1) is 12.6. The van der Waals surface area contributed by atoms with Crippen molar-refractivity contribution >= 4 is 5.97 Å². The standard InChI is InChI=1S/C18H14N2O6/c1-23-6-7-25-16-13(8-14(17(21)24-2)26-18(16)22)15-11(9-19)4-3-5-12(15)10-20/h3-5,8H,6-7H2,1-2H3. The number of benzene rings is 1. The number of methoxy groups -OCH3 is 2. The lowest BCUT2D eigenvalue weighted by molar-refractivity contribution is 0.0558. The fourth-order valence-corrected chi connectivity index (χ4v) is 2.26. The van der Waals surface area contributed by atoms with Crippen molar-refractivity contribution in [2.24, 2.45) is 0 Å². The van der Waals surface area contributed by atoms with Crippen LogP contribution in [0.1, 0.15) is 21.7 Å². The Hall–Kier alpha value is -3.62. The third-order valence-corrected chi connectivity index (χ3v) is 3.40. The van der Waals surface area contributed by atoms with Crippen molar-refractivity contribution in [2.75, 3.05) is 27.4 Å². The van der Waals surface area contributed by atoms with Crippen molar-refractivity contribution in [3.63, 3.8) is 0 Å². The second-order valence-corrected chi connectivity index (χ2v) is 4.93. The molecule has 0 unspecified atom stereocenters. The fourth-order valence-electron chi connectivity index (χ4n) is 2.26. The summed E-state index contributed by atoms with van der Waals surface area (Å²) in [6.45, 7) is 0.227. The largest absolute Gasteiger partial charge is 0.484 e. The van der Waals surface area contributed by atoms with Gasteiger partial charge in [0.05, 0.1) is 37.0 Å². The molecule has 0 fully saturated rings. The molecule has 8 nitrogen and oxygen atoms in total. The number of carbonyl (C=O) groups is 1.